The molecule has 2 aromatic rings. The van der Waals surface area contributed by atoms with Crippen LogP contribution < -0.4 is 10.6 Å². The van der Waals surface area contributed by atoms with E-state index in [1.165, 1.54) is 18.4 Å². The Morgan fingerprint density at radius 1 is 0.968 bits per heavy atom. The molecule has 166 valence electrons. The van der Waals surface area contributed by atoms with Crippen molar-refractivity contribution in [2.45, 2.75) is 52.6 Å². The SMILES string of the molecule is CC1CCN(Cc2ccc(NC(=O)C(NC(=O)Cc3ccccc3)C(C)C)cc2)CC1. The van der Waals surface area contributed by atoms with Crippen LogP contribution in [0.15, 0.2) is 54.6 Å². The molecule has 0 saturated carbocycles. The predicted octanol–water partition coefficient (Wildman–Crippen LogP) is 4.24. The Hall–Kier alpha value is -2.66. The molecule has 1 unspecified atom stereocenters. The molecule has 5 heteroatoms. The topological polar surface area (TPSA) is 61.4 Å². The first-order valence-electron chi connectivity index (χ1n) is 11.4. The van der Waals surface area contributed by atoms with Crippen LogP contribution in [-0.2, 0) is 22.6 Å². The quantitative estimate of drug-likeness (QED) is 0.670. The van der Waals surface area contributed by atoms with Crippen LogP contribution in [0.25, 0.3) is 0 Å². The number of nitrogens with zero attached hydrogens (tertiary/aromatic N) is 1. The van der Waals surface area contributed by atoms with Crippen molar-refractivity contribution in [1.82, 2.24) is 10.2 Å². The molecule has 0 aliphatic carbocycles. The number of benzene rings is 2. The van der Waals surface area contributed by atoms with Crippen LogP contribution in [0.5, 0.6) is 0 Å². The summed E-state index contributed by atoms with van der Waals surface area (Å²) < 4.78 is 0. The van der Waals surface area contributed by atoms with Crippen molar-refractivity contribution in [2.24, 2.45) is 11.8 Å². The first kappa shape index (κ1) is 23.0. The van der Waals surface area contributed by atoms with Gasteiger partial charge in [0.15, 0.2) is 0 Å². The molecule has 3 rings (SSSR count). The van der Waals surface area contributed by atoms with E-state index in [0.29, 0.717) is 0 Å². The van der Waals surface area contributed by atoms with Crippen molar-refractivity contribution in [3.05, 3.63) is 65.7 Å². The van der Waals surface area contributed by atoms with E-state index >= 15 is 0 Å². The molecule has 5 nitrogen and oxygen atoms in total. The molecule has 0 bridgehead atoms. The number of hydrogen-bond donors (Lipinski definition) is 2. The molecule has 31 heavy (non-hydrogen) atoms. The zero-order valence-corrected chi connectivity index (χ0v) is 18.9. The Labute approximate surface area is 186 Å². The molecule has 1 saturated heterocycles. The van der Waals surface area contributed by atoms with Crippen LogP contribution in [0.3, 0.4) is 0 Å². The van der Waals surface area contributed by atoms with E-state index in [0.717, 1.165) is 36.8 Å². The van der Waals surface area contributed by atoms with E-state index in [-0.39, 0.29) is 24.2 Å². The third kappa shape index (κ3) is 7.21. The summed E-state index contributed by atoms with van der Waals surface area (Å²) in [6.07, 6.45) is 2.79. The number of hydrogen-bond acceptors (Lipinski definition) is 3. The number of rotatable bonds is 8. The summed E-state index contributed by atoms with van der Waals surface area (Å²) in [5, 5.41) is 5.86. The summed E-state index contributed by atoms with van der Waals surface area (Å²) in [4.78, 5) is 27.8. The van der Waals surface area contributed by atoms with E-state index < -0.39 is 6.04 Å². The van der Waals surface area contributed by atoms with Gasteiger partial charge in [0, 0.05) is 12.2 Å². The van der Waals surface area contributed by atoms with Gasteiger partial charge in [-0.1, -0.05) is 63.2 Å². The molecular weight excluding hydrogens is 386 g/mol. The number of amides is 2. The minimum Gasteiger partial charge on any atom is -0.344 e. The normalized spacial score (nSPS) is 16.1. The summed E-state index contributed by atoms with van der Waals surface area (Å²) in [5.41, 5.74) is 2.94. The highest BCUT2D eigenvalue weighted by Gasteiger charge is 2.24. The Morgan fingerprint density at radius 2 is 1.61 bits per heavy atom. The summed E-state index contributed by atoms with van der Waals surface area (Å²) in [6, 6.07) is 17.0. The fourth-order valence-corrected chi connectivity index (χ4v) is 3.93. The van der Waals surface area contributed by atoms with Crippen molar-refractivity contribution in [3.63, 3.8) is 0 Å². The molecule has 0 radical (unpaired) electrons. The van der Waals surface area contributed by atoms with Gasteiger partial charge in [0.1, 0.15) is 6.04 Å². The van der Waals surface area contributed by atoms with E-state index in [9.17, 15) is 9.59 Å². The molecule has 1 atom stereocenters. The minimum atomic E-state index is -0.578. The largest absolute Gasteiger partial charge is 0.344 e. The van der Waals surface area contributed by atoms with Crippen molar-refractivity contribution in [1.29, 1.82) is 0 Å². The minimum absolute atomic E-state index is 0.0134. The zero-order chi connectivity index (χ0) is 22.2. The molecule has 1 aliphatic rings. The summed E-state index contributed by atoms with van der Waals surface area (Å²) >= 11 is 0. The second-order valence-corrected chi connectivity index (χ2v) is 9.10. The van der Waals surface area contributed by atoms with Crippen LogP contribution in [0, 0.1) is 11.8 Å². The number of carbonyl (C=O) groups excluding carboxylic acids is 2. The van der Waals surface area contributed by atoms with Gasteiger partial charge >= 0.3 is 0 Å². The summed E-state index contributed by atoms with van der Waals surface area (Å²) in [5.74, 6) is 0.483. The maximum absolute atomic E-state index is 12.8. The smallest absolute Gasteiger partial charge is 0.247 e. The van der Waals surface area contributed by atoms with Crippen LogP contribution in [0.4, 0.5) is 5.69 Å². The summed E-state index contributed by atoms with van der Waals surface area (Å²) in [7, 11) is 0. The average molecular weight is 422 g/mol. The molecule has 2 aromatic carbocycles. The highest BCUT2D eigenvalue weighted by molar-refractivity contribution is 5.97. The Bertz CT molecular complexity index is 841. The molecule has 0 aromatic heterocycles. The molecule has 2 N–H and O–H groups in total. The number of piperidine rings is 1. The monoisotopic (exact) mass is 421 g/mol. The first-order chi connectivity index (χ1) is 14.9. The van der Waals surface area contributed by atoms with Gasteiger partial charge < -0.3 is 10.6 Å². The molecular formula is C26H35N3O2. The number of nitrogens with one attached hydrogen (secondary N) is 2. The van der Waals surface area contributed by atoms with Gasteiger partial charge in [-0.05, 0) is 61.0 Å². The lowest BCUT2D eigenvalue weighted by molar-refractivity contribution is -0.127. The van der Waals surface area contributed by atoms with Gasteiger partial charge in [0.25, 0.3) is 0 Å². The highest BCUT2D eigenvalue weighted by Crippen LogP contribution is 2.19. The van der Waals surface area contributed by atoms with Gasteiger partial charge in [-0.2, -0.15) is 0 Å². The lowest BCUT2D eigenvalue weighted by Gasteiger charge is -2.30. The second kappa shape index (κ2) is 11.1. The number of carbonyl (C=O) groups is 2. The standard InChI is InChI=1S/C26H35N3O2/c1-19(2)25(28-24(30)17-21-7-5-4-6-8-21)26(31)27-23-11-9-22(10-12-23)18-29-15-13-20(3)14-16-29/h4-12,19-20,25H,13-18H2,1-3H3,(H,27,31)(H,28,30). The number of anilines is 1. The predicted molar refractivity (Wildman–Crippen MR) is 126 cm³/mol. The first-order valence-corrected chi connectivity index (χ1v) is 11.4. The molecule has 2 amide bonds. The molecule has 1 fully saturated rings. The molecule has 1 aliphatic heterocycles. The van der Waals surface area contributed by atoms with Gasteiger partial charge in [-0.15, -0.1) is 0 Å². The van der Waals surface area contributed by atoms with E-state index in [2.05, 4.69) is 34.6 Å². The fraction of sp³-hybridized carbons (Fsp3) is 0.462. The Kier molecular flexibility index (Phi) is 8.24. The van der Waals surface area contributed by atoms with Crippen LogP contribution in [0.1, 0.15) is 44.7 Å². The van der Waals surface area contributed by atoms with Gasteiger partial charge in [-0.25, -0.2) is 0 Å². The van der Waals surface area contributed by atoms with E-state index in [1.54, 1.807) is 0 Å². The van der Waals surface area contributed by atoms with Gasteiger partial charge in [0.2, 0.25) is 11.8 Å². The molecule has 1 heterocycles. The average Bonchev–Trinajstić information content (AvgIpc) is 2.75. The third-order valence-electron chi connectivity index (χ3n) is 5.98. The molecule has 0 spiro atoms. The maximum Gasteiger partial charge on any atom is 0.247 e. The Morgan fingerprint density at radius 3 is 2.23 bits per heavy atom. The summed E-state index contributed by atoms with van der Waals surface area (Å²) in [6.45, 7) is 9.45. The van der Waals surface area contributed by atoms with Gasteiger partial charge in [0.05, 0.1) is 6.42 Å². The maximum atomic E-state index is 12.8. The van der Waals surface area contributed by atoms with Crippen molar-refractivity contribution in [2.75, 3.05) is 18.4 Å². The Balaban J connectivity index is 1.53. The van der Waals surface area contributed by atoms with E-state index in [1.807, 2.05) is 56.3 Å². The third-order valence-corrected chi connectivity index (χ3v) is 5.98. The lowest BCUT2D eigenvalue weighted by atomic mass is 9.99. The van der Waals surface area contributed by atoms with Crippen molar-refractivity contribution < 1.29 is 9.59 Å². The van der Waals surface area contributed by atoms with Gasteiger partial charge in [-0.3, -0.25) is 14.5 Å². The van der Waals surface area contributed by atoms with Crippen molar-refractivity contribution in [3.8, 4) is 0 Å². The van der Waals surface area contributed by atoms with Crippen molar-refractivity contribution >= 4 is 17.5 Å². The fourth-order valence-electron chi connectivity index (χ4n) is 3.93. The number of likely N-dealkylation sites (tertiary alicyclic amines) is 1. The van der Waals surface area contributed by atoms with Crippen LogP contribution in [-0.4, -0.2) is 35.8 Å². The van der Waals surface area contributed by atoms with Crippen LogP contribution >= 0.6 is 0 Å². The van der Waals surface area contributed by atoms with E-state index in [4.69, 9.17) is 0 Å². The lowest BCUT2D eigenvalue weighted by Crippen LogP contribution is -2.47. The zero-order valence-electron chi connectivity index (χ0n) is 18.9. The van der Waals surface area contributed by atoms with Crippen LogP contribution in [0.2, 0.25) is 0 Å². The second-order valence-electron chi connectivity index (χ2n) is 9.10. The highest BCUT2D eigenvalue weighted by atomic mass is 16.2.